The predicted octanol–water partition coefficient (Wildman–Crippen LogP) is 3.39. The number of benzene rings is 3. The van der Waals surface area contributed by atoms with Gasteiger partial charge in [0.1, 0.15) is 0 Å². The van der Waals surface area contributed by atoms with E-state index < -0.39 is 46.1 Å². The topological polar surface area (TPSA) is 170 Å². The standard InChI is InChI=1S/C16H17NO.C10H6O8/c1-17(2)16(18)15(13-9-5-3-6-10-13)14-11-7-4-8-12-14;11-7(12)3-1-4(8(13)14)6(10(17)18)2-5(3)9(15)16/h3-12,15H,1-2H3;1-2H,(H,11,12)(H,13,14)(H,15,16)(H,17,18). The molecule has 10 heteroatoms. The zero-order valence-corrected chi connectivity index (χ0v) is 19.3. The Bertz CT molecular complexity index is 1150. The van der Waals surface area contributed by atoms with Crippen molar-refractivity contribution in [3.63, 3.8) is 0 Å². The first-order chi connectivity index (χ1) is 17.0. The van der Waals surface area contributed by atoms with Gasteiger partial charge in [0.25, 0.3) is 0 Å². The number of hydrogen-bond acceptors (Lipinski definition) is 5. The Labute approximate surface area is 205 Å². The SMILES string of the molecule is CN(C)C(=O)C(c1ccccc1)c1ccccc1.O=C(O)c1cc(C(=O)O)c(C(=O)O)cc1C(=O)O. The molecule has 0 saturated carbocycles. The van der Waals surface area contributed by atoms with Crippen LogP contribution >= 0.6 is 0 Å². The largest absolute Gasteiger partial charge is 0.478 e. The van der Waals surface area contributed by atoms with Crippen molar-refractivity contribution in [2.24, 2.45) is 0 Å². The molecule has 0 bridgehead atoms. The van der Waals surface area contributed by atoms with Crippen LogP contribution in [0.1, 0.15) is 58.5 Å². The molecule has 0 aromatic heterocycles. The maximum absolute atomic E-state index is 12.4. The number of amides is 1. The first-order valence-corrected chi connectivity index (χ1v) is 10.4. The van der Waals surface area contributed by atoms with Crippen molar-refractivity contribution in [2.45, 2.75) is 5.92 Å². The summed E-state index contributed by atoms with van der Waals surface area (Å²) >= 11 is 0. The van der Waals surface area contributed by atoms with Crippen LogP contribution in [-0.4, -0.2) is 69.2 Å². The minimum absolute atomic E-state index is 0.104. The summed E-state index contributed by atoms with van der Waals surface area (Å²) in [6, 6.07) is 20.8. The fourth-order valence-electron chi connectivity index (χ4n) is 3.33. The van der Waals surface area contributed by atoms with Crippen LogP contribution in [0, 0.1) is 0 Å². The lowest BCUT2D eigenvalue weighted by molar-refractivity contribution is -0.129. The van der Waals surface area contributed by atoms with Crippen molar-refractivity contribution in [1.82, 2.24) is 4.90 Å². The second-order valence-electron chi connectivity index (χ2n) is 7.65. The summed E-state index contributed by atoms with van der Waals surface area (Å²) in [5.74, 6) is -6.76. The van der Waals surface area contributed by atoms with E-state index in [4.69, 9.17) is 20.4 Å². The van der Waals surface area contributed by atoms with Gasteiger partial charge in [0, 0.05) is 14.1 Å². The molecule has 0 saturated heterocycles. The number of nitrogens with zero attached hydrogens (tertiary/aromatic N) is 1. The Balaban J connectivity index is 0.000000254. The molecule has 0 radical (unpaired) electrons. The van der Waals surface area contributed by atoms with Gasteiger partial charge in [-0.3, -0.25) is 4.79 Å². The summed E-state index contributed by atoms with van der Waals surface area (Å²) in [5.41, 5.74) is -1.09. The van der Waals surface area contributed by atoms with E-state index in [2.05, 4.69) is 0 Å². The normalized spacial score (nSPS) is 10.1. The molecule has 3 aromatic rings. The summed E-state index contributed by atoms with van der Waals surface area (Å²) < 4.78 is 0. The second kappa shape index (κ2) is 11.9. The molecule has 0 aliphatic rings. The van der Waals surface area contributed by atoms with Gasteiger partial charge in [-0.2, -0.15) is 0 Å². The van der Waals surface area contributed by atoms with E-state index in [1.54, 1.807) is 19.0 Å². The predicted molar refractivity (Wildman–Crippen MR) is 128 cm³/mol. The van der Waals surface area contributed by atoms with E-state index >= 15 is 0 Å². The molecule has 0 heterocycles. The molecule has 4 N–H and O–H groups in total. The van der Waals surface area contributed by atoms with E-state index in [1.807, 2.05) is 60.7 Å². The molecule has 10 nitrogen and oxygen atoms in total. The Kier molecular flexibility index (Phi) is 9.03. The highest BCUT2D eigenvalue weighted by Crippen LogP contribution is 2.26. The lowest BCUT2D eigenvalue weighted by Gasteiger charge is -2.21. The molecule has 0 atom stereocenters. The quantitative estimate of drug-likeness (QED) is 0.385. The van der Waals surface area contributed by atoms with Crippen LogP contribution < -0.4 is 0 Å². The smallest absolute Gasteiger partial charge is 0.336 e. The molecular formula is C26H23NO9. The Morgan fingerprint density at radius 2 is 0.833 bits per heavy atom. The van der Waals surface area contributed by atoms with Crippen LogP contribution in [0.3, 0.4) is 0 Å². The van der Waals surface area contributed by atoms with E-state index in [9.17, 15) is 24.0 Å². The number of aromatic carboxylic acids is 4. The van der Waals surface area contributed by atoms with Crippen molar-refractivity contribution in [2.75, 3.05) is 14.1 Å². The molecule has 0 unspecified atom stereocenters. The minimum atomic E-state index is -1.66. The molecule has 0 aliphatic carbocycles. The van der Waals surface area contributed by atoms with Crippen molar-refractivity contribution in [3.8, 4) is 0 Å². The Morgan fingerprint density at radius 1 is 0.556 bits per heavy atom. The lowest BCUT2D eigenvalue weighted by atomic mass is 9.90. The van der Waals surface area contributed by atoms with Crippen molar-refractivity contribution < 1.29 is 44.4 Å². The molecule has 36 heavy (non-hydrogen) atoms. The molecule has 0 fully saturated rings. The average molecular weight is 493 g/mol. The van der Waals surface area contributed by atoms with Crippen molar-refractivity contribution in [1.29, 1.82) is 0 Å². The molecule has 3 rings (SSSR count). The fourth-order valence-corrected chi connectivity index (χ4v) is 3.33. The van der Waals surface area contributed by atoms with Crippen LogP contribution in [-0.2, 0) is 4.79 Å². The third-order valence-electron chi connectivity index (χ3n) is 5.03. The third kappa shape index (κ3) is 6.54. The first-order valence-electron chi connectivity index (χ1n) is 10.4. The third-order valence-corrected chi connectivity index (χ3v) is 5.03. The molecule has 0 spiro atoms. The van der Waals surface area contributed by atoms with Crippen LogP contribution in [0.4, 0.5) is 0 Å². The first kappa shape index (κ1) is 27.3. The van der Waals surface area contributed by atoms with E-state index in [1.165, 1.54) is 0 Å². The van der Waals surface area contributed by atoms with Gasteiger partial charge in [-0.1, -0.05) is 60.7 Å². The van der Waals surface area contributed by atoms with Gasteiger partial charge in [0.15, 0.2) is 0 Å². The molecule has 3 aromatic carbocycles. The van der Waals surface area contributed by atoms with E-state index in [0.29, 0.717) is 12.1 Å². The van der Waals surface area contributed by atoms with Crippen LogP contribution in [0.5, 0.6) is 0 Å². The second-order valence-corrected chi connectivity index (χ2v) is 7.65. The van der Waals surface area contributed by atoms with Gasteiger partial charge in [0.05, 0.1) is 28.2 Å². The maximum atomic E-state index is 12.4. The van der Waals surface area contributed by atoms with Gasteiger partial charge < -0.3 is 25.3 Å². The van der Waals surface area contributed by atoms with Gasteiger partial charge in [-0.05, 0) is 23.3 Å². The summed E-state index contributed by atoms with van der Waals surface area (Å²) in [5, 5.41) is 35.0. The Morgan fingerprint density at radius 3 is 1.06 bits per heavy atom. The van der Waals surface area contributed by atoms with E-state index in [0.717, 1.165) is 11.1 Å². The number of hydrogen-bond donors (Lipinski definition) is 4. The van der Waals surface area contributed by atoms with Gasteiger partial charge in [0.2, 0.25) is 5.91 Å². The average Bonchev–Trinajstić information content (AvgIpc) is 2.84. The van der Waals surface area contributed by atoms with Gasteiger partial charge >= 0.3 is 23.9 Å². The van der Waals surface area contributed by atoms with Gasteiger partial charge in [-0.15, -0.1) is 0 Å². The van der Waals surface area contributed by atoms with Crippen LogP contribution in [0.25, 0.3) is 0 Å². The van der Waals surface area contributed by atoms with Gasteiger partial charge in [-0.25, -0.2) is 19.2 Å². The zero-order valence-electron chi connectivity index (χ0n) is 19.3. The fraction of sp³-hybridized carbons (Fsp3) is 0.115. The molecular weight excluding hydrogens is 470 g/mol. The number of likely N-dealkylation sites (N-methyl/N-ethyl adjacent to an activating group) is 1. The maximum Gasteiger partial charge on any atom is 0.336 e. The summed E-state index contributed by atoms with van der Waals surface area (Å²) in [6.07, 6.45) is 0. The van der Waals surface area contributed by atoms with Crippen LogP contribution in [0.15, 0.2) is 72.8 Å². The minimum Gasteiger partial charge on any atom is -0.478 e. The molecule has 1 amide bonds. The summed E-state index contributed by atoms with van der Waals surface area (Å²) in [6.45, 7) is 0. The highest BCUT2D eigenvalue weighted by atomic mass is 16.4. The number of carbonyl (C=O) groups excluding carboxylic acids is 1. The zero-order chi connectivity index (χ0) is 27.0. The van der Waals surface area contributed by atoms with Crippen molar-refractivity contribution >= 4 is 29.8 Å². The molecule has 0 aliphatic heterocycles. The van der Waals surface area contributed by atoms with E-state index in [-0.39, 0.29) is 11.8 Å². The molecule has 186 valence electrons. The Hall–Kier alpha value is -4.99. The highest BCUT2D eigenvalue weighted by molar-refractivity contribution is 6.09. The monoisotopic (exact) mass is 493 g/mol. The number of rotatable bonds is 7. The lowest BCUT2D eigenvalue weighted by Crippen LogP contribution is -2.28. The summed E-state index contributed by atoms with van der Waals surface area (Å²) in [7, 11) is 3.59. The van der Waals surface area contributed by atoms with Crippen LogP contribution in [0.2, 0.25) is 0 Å². The summed E-state index contributed by atoms with van der Waals surface area (Å²) in [4.78, 5) is 57.1. The highest BCUT2D eigenvalue weighted by Gasteiger charge is 2.25. The number of carboxylic acid groups (broad SMARTS) is 4. The number of carbonyl (C=O) groups is 5. The number of carboxylic acids is 4. The van der Waals surface area contributed by atoms with Crippen molar-refractivity contribution in [3.05, 3.63) is 106 Å².